The van der Waals surface area contributed by atoms with Crippen molar-refractivity contribution in [3.63, 3.8) is 0 Å². The first-order valence-electron chi connectivity index (χ1n) is 6.21. The minimum atomic E-state index is -3.75. The molecule has 1 aromatic carbocycles. The Balaban J connectivity index is 3.12. The van der Waals surface area contributed by atoms with Crippen LogP contribution in [0, 0.1) is 0 Å². The highest BCUT2D eigenvalue weighted by Gasteiger charge is 2.21. The van der Waals surface area contributed by atoms with Crippen LogP contribution in [-0.2, 0) is 21.2 Å². The Hall–Kier alpha value is -1.25. The van der Waals surface area contributed by atoms with Crippen LogP contribution in [-0.4, -0.2) is 44.7 Å². The Labute approximate surface area is 128 Å². The molecule has 0 spiro atoms. The van der Waals surface area contributed by atoms with Crippen LogP contribution in [0.5, 0.6) is 5.75 Å². The molecule has 1 aromatic rings. The zero-order valence-electron chi connectivity index (χ0n) is 12.1. The fourth-order valence-electron chi connectivity index (χ4n) is 1.63. The summed E-state index contributed by atoms with van der Waals surface area (Å²) in [5.41, 5.74) is 0.200. The summed E-state index contributed by atoms with van der Waals surface area (Å²) in [4.78, 5) is 10.9. The lowest BCUT2D eigenvalue weighted by Crippen LogP contribution is -2.30. The van der Waals surface area contributed by atoms with Crippen molar-refractivity contribution in [2.75, 3.05) is 19.9 Å². The van der Waals surface area contributed by atoms with E-state index in [4.69, 9.17) is 9.84 Å². The number of rotatable bonds is 8. The quantitative estimate of drug-likeness (QED) is 0.746. The Morgan fingerprint density at radius 1 is 1.48 bits per heavy atom. The van der Waals surface area contributed by atoms with Crippen LogP contribution < -0.4 is 9.46 Å². The lowest BCUT2D eigenvalue weighted by atomic mass is 10.1. The van der Waals surface area contributed by atoms with Crippen LogP contribution in [0.3, 0.4) is 0 Å². The molecule has 2 N–H and O–H groups in total. The SMILES string of the molecule is COc1ccc(S(=O)(=O)NCC(C)SC)c(CC(=O)O)c1. The van der Waals surface area contributed by atoms with E-state index in [2.05, 4.69) is 4.72 Å². The monoisotopic (exact) mass is 333 g/mol. The molecule has 6 nitrogen and oxygen atoms in total. The number of hydrogen-bond acceptors (Lipinski definition) is 5. The van der Waals surface area contributed by atoms with Crippen LogP contribution in [0.1, 0.15) is 12.5 Å². The van der Waals surface area contributed by atoms with Gasteiger partial charge >= 0.3 is 5.97 Å². The number of sulfonamides is 1. The second kappa shape index (κ2) is 7.67. The van der Waals surface area contributed by atoms with E-state index in [0.29, 0.717) is 5.75 Å². The predicted octanol–water partition coefficient (Wildman–Crippen LogP) is 1.35. The van der Waals surface area contributed by atoms with Gasteiger partial charge in [0.2, 0.25) is 10.0 Å². The summed E-state index contributed by atoms with van der Waals surface area (Å²) in [6.07, 6.45) is 1.51. The summed E-state index contributed by atoms with van der Waals surface area (Å²) < 4.78 is 32.1. The molecule has 0 radical (unpaired) electrons. The van der Waals surface area contributed by atoms with Crippen LogP contribution in [0.15, 0.2) is 23.1 Å². The van der Waals surface area contributed by atoms with E-state index in [1.54, 1.807) is 11.8 Å². The van der Waals surface area contributed by atoms with E-state index in [0.717, 1.165) is 0 Å². The van der Waals surface area contributed by atoms with Gasteiger partial charge in [0, 0.05) is 11.8 Å². The Morgan fingerprint density at radius 3 is 2.67 bits per heavy atom. The largest absolute Gasteiger partial charge is 0.497 e. The molecule has 8 heteroatoms. The van der Waals surface area contributed by atoms with Gasteiger partial charge in [-0.2, -0.15) is 11.8 Å². The van der Waals surface area contributed by atoms with Gasteiger partial charge in [0.15, 0.2) is 0 Å². The number of carbonyl (C=O) groups is 1. The molecule has 0 saturated carbocycles. The normalized spacial score (nSPS) is 12.9. The molecule has 0 saturated heterocycles. The molecular weight excluding hydrogens is 314 g/mol. The van der Waals surface area contributed by atoms with Crippen LogP contribution in [0.2, 0.25) is 0 Å². The van der Waals surface area contributed by atoms with Crippen molar-refractivity contribution in [1.82, 2.24) is 4.72 Å². The molecule has 0 aliphatic heterocycles. The fraction of sp³-hybridized carbons (Fsp3) is 0.462. The molecule has 21 heavy (non-hydrogen) atoms. The van der Waals surface area contributed by atoms with E-state index in [1.807, 2.05) is 13.2 Å². The first kappa shape index (κ1) is 17.8. The molecule has 0 amide bonds. The topological polar surface area (TPSA) is 92.7 Å². The number of ether oxygens (including phenoxy) is 1. The van der Waals surface area contributed by atoms with Crippen LogP contribution in [0.25, 0.3) is 0 Å². The summed E-state index contributed by atoms with van der Waals surface area (Å²) >= 11 is 1.54. The molecule has 1 atom stereocenters. The van der Waals surface area contributed by atoms with Crippen molar-refractivity contribution in [1.29, 1.82) is 0 Å². The van der Waals surface area contributed by atoms with Crippen molar-refractivity contribution in [2.45, 2.75) is 23.5 Å². The lowest BCUT2D eigenvalue weighted by Gasteiger charge is -2.14. The molecule has 0 bridgehead atoms. The molecule has 0 aliphatic carbocycles. The standard InChI is InChI=1S/C13H19NO5S2/c1-9(20-3)8-14-21(17,18)12-5-4-11(19-2)6-10(12)7-13(15)16/h4-6,9,14H,7-8H2,1-3H3,(H,15,16). The summed E-state index contributed by atoms with van der Waals surface area (Å²) in [5, 5.41) is 9.04. The number of carboxylic acids is 1. The van der Waals surface area contributed by atoms with Crippen LogP contribution >= 0.6 is 11.8 Å². The van der Waals surface area contributed by atoms with Gasteiger partial charge in [-0.3, -0.25) is 4.79 Å². The molecule has 118 valence electrons. The number of aliphatic carboxylic acids is 1. The van der Waals surface area contributed by atoms with Crippen molar-refractivity contribution in [2.24, 2.45) is 0 Å². The summed E-state index contributed by atoms with van der Waals surface area (Å²) in [6, 6.07) is 4.29. The average Bonchev–Trinajstić information content (AvgIpc) is 2.43. The number of nitrogens with one attached hydrogen (secondary N) is 1. The number of thioether (sulfide) groups is 1. The Kier molecular flexibility index (Phi) is 6.50. The number of hydrogen-bond donors (Lipinski definition) is 2. The van der Waals surface area contributed by atoms with Gasteiger partial charge in [-0.1, -0.05) is 6.92 Å². The number of methoxy groups -OCH3 is 1. The maximum absolute atomic E-state index is 12.3. The van der Waals surface area contributed by atoms with Gasteiger partial charge < -0.3 is 9.84 Å². The predicted molar refractivity (Wildman–Crippen MR) is 82.5 cm³/mol. The zero-order valence-corrected chi connectivity index (χ0v) is 13.8. The van der Waals surface area contributed by atoms with Gasteiger partial charge in [0.1, 0.15) is 5.75 Å². The van der Waals surface area contributed by atoms with Gasteiger partial charge in [-0.05, 0) is 30.0 Å². The maximum Gasteiger partial charge on any atom is 0.307 e. The summed E-state index contributed by atoms with van der Waals surface area (Å²) in [6.45, 7) is 2.18. The summed E-state index contributed by atoms with van der Waals surface area (Å²) in [7, 11) is -2.31. The maximum atomic E-state index is 12.3. The van der Waals surface area contributed by atoms with Crippen molar-refractivity contribution in [3.8, 4) is 5.75 Å². The van der Waals surface area contributed by atoms with Gasteiger partial charge in [0.05, 0.1) is 18.4 Å². The molecule has 0 heterocycles. The van der Waals surface area contributed by atoms with Gasteiger partial charge in [-0.25, -0.2) is 13.1 Å². The highest BCUT2D eigenvalue weighted by molar-refractivity contribution is 7.99. The fourth-order valence-corrected chi connectivity index (χ4v) is 3.34. The number of benzene rings is 1. The first-order valence-corrected chi connectivity index (χ1v) is 8.98. The zero-order chi connectivity index (χ0) is 16.0. The van der Waals surface area contributed by atoms with Gasteiger partial charge in [0.25, 0.3) is 0 Å². The minimum absolute atomic E-state index is 0.0287. The van der Waals surface area contributed by atoms with E-state index < -0.39 is 16.0 Å². The smallest absolute Gasteiger partial charge is 0.307 e. The van der Waals surface area contributed by atoms with E-state index in [9.17, 15) is 13.2 Å². The Morgan fingerprint density at radius 2 is 2.14 bits per heavy atom. The third-order valence-electron chi connectivity index (χ3n) is 2.86. The lowest BCUT2D eigenvalue weighted by molar-refractivity contribution is -0.136. The molecule has 1 unspecified atom stereocenters. The third kappa shape index (κ3) is 5.22. The third-order valence-corrected chi connectivity index (χ3v) is 5.36. The van der Waals surface area contributed by atoms with Crippen LogP contribution in [0.4, 0.5) is 0 Å². The second-order valence-electron chi connectivity index (χ2n) is 4.44. The molecular formula is C13H19NO5S2. The van der Waals surface area contributed by atoms with E-state index >= 15 is 0 Å². The highest BCUT2D eigenvalue weighted by atomic mass is 32.2. The van der Waals surface area contributed by atoms with Crippen molar-refractivity contribution in [3.05, 3.63) is 23.8 Å². The Bertz CT molecular complexity index is 601. The molecule has 1 rings (SSSR count). The van der Waals surface area contributed by atoms with E-state index in [-0.39, 0.29) is 28.7 Å². The second-order valence-corrected chi connectivity index (χ2v) is 7.45. The van der Waals surface area contributed by atoms with E-state index in [1.165, 1.54) is 25.3 Å². The average molecular weight is 333 g/mol. The summed E-state index contributed by atoms with van der Waals surface area (Å²) in [5.74, 6) is -0.681. The first-order chi connectivity index (χ1) is 9.80. The number of carboxylic acid groups (broad SMARTS) is 1. The van der Waals surface area contributed by atoms with Crippen molar-refractivity contribution >= 4 is 27.8 Å². The van der Waals surface area contributed by atoms with Gasteiger partial charge in [-0.15, -0.1) is 0 Å². The minimum Gasteiger partial charge on any atom is -0.497 e. The molecule has 0 aliphatic rings. The molecule has 0 fully saturated rings. The molecule has 0 aromatic heterocycles. The van der Waals surface area contributed by atoms with Crippen molar-refractivity contribution < 1.29 is 23.1 Å². The highest BCUT2D eigenvalue weighted by Crippen LogP contribution is 2.22.